The summed E-state index contributed by atoms with van der Waals surface area (Å²) in [6.07, 6.45) is 3.81. The van der Waals surface area contributed by atoms with Crippen molar-refractivity contribution in [1.29, 1.82) is 0 Å². The van der Waals surface area contributed by atoms with Gasteiger partial charge in [0, 0.05) is 0 Å². The SMILES string of the molecule is CCNCCC(CCNCC)c1ccc(N=C=O)cc1. The molecule has 1 aromatic carbocycles. The number of benzene rings is 1. The molecule has 0 atom stereocenters. The lowest BCUT2D eigenvalue weighted by molar-refractivity contribution is 0.524. The average molecular weight is 275 g/mol. The Morgan fingerprint density at radius 2 is 1.60 bits per heavy atom. The van der Waals surface area contributed by atoms with E-state index in [1.54, 1.807) is 6.08 Å². The first-order valence-corrected chi connectivity index (χ1v) is 7.41. The van der Waals surface area contributed by atoms with Crippen molar-refractivity contribution in [3.8, 4) is 0 Å². The molecule has 0 amide bonds. The first-order valence-electron chi connectivity index (χ1n) is 7.41. The van der Waals surface area contributed by atoms with Crippen LogP contribution in [0.15, 0.2) is 29.3 Å². The number of aliphatic imine (C=N–C) groups is 1. The molecule has 0 heterocycles. The molecule has 2 N–H and O–H groups in total. The summed E-state index contributed by atoms with van der Waals surface area (Å²) in [7, 11) is 0. The molecule has 20 heavy (non-hydrogen) atoms. The molecule has 0 aromatic heterocycles. The van der Waals surface area contributed by atoms with Gasteiger partial charge in [0.1, 0.15) is 0 Å². The second-order valence-corrected chi connectivity index (χ2v) is 4.78. The van der Waals surface area contributed by atoms with E-state index >= 15 is 0 Å². The van der Waals surface area contributed by atoms with Gasteiger partial charge in [-0.25, -0.2) is 4.79 Å². The van der Waals surface area contributed by atoms with Gasteiger partial charge in [-0.3, -0.25) is 0 Å². The predicted molar refractivity (Wildman–Crippen MR) is 83.3 cm³/mol. The topological polar surface area (TPSA) is 53.5 Å². The van der Waals surface area contributed by atoms with E-state index in [0.717, 1.165) is 39.0 Å². The molecule has 4 nitrogen and oxygen atoms in total. The van der Waals surface area contributed by atoms with Gasteiger partial charge in [-0.1, -0.05) is 26.0 Å². The van der Waals surface area contributed by atoms with Crippen LogP contribution in [0.5, 0.6) is 0 Å². The van der Waals surface area contributed by atoms with Gasteiger partial charge in [0.05, 0.1) is 5.69 Å². The lowest BCUT2D eigenvalue weighted by Crippen LogP contribution is -2.20. The summed E-state index contributed by atoms with van der Waals surface area (Å²) in [6, 6.07) is 7.90. The van der Waals surface area contributed by atoms with E-state index in [4.69, 9.17) is 0 Å². The van der Waals surface area contributed by atoms with Crippen LogP contribution in [0.25, 0.3) is 0 Å². The zero-order valence-corrected chi connectivity index (χ0v) is 12.5. The van der Waals surface area contributed by atoms with Crippen LogP contribution in [0.3, 0.4) is 0 Å². The normalized spacial score (nSPS) is 10.6. The molecule has 0 aliphatic carbocycles. The van der Waals surface area contributed by atoms with Crippen molar-refractivity contribution < 1.29 is 4.79 Å². The maximum atomic E-state index is 10.2. The van der Waals surface area contributed by atoms with Gasteiger partial charge in [-0.15, -0.1) is 0 Å². The molecule has 1 aromatic rings. The summed E-state index contributed by atoms with van der Waals surface area (Å²) in [5.41, 5.74) is 1.98. The van der Waals surface area contributed by atoms with Crippen LogP contribution < -0.4 is 10.6 Å². The third kappa shape index (κ3) is 6.11. The smallest absolute Gasteiger partial charge is 0.240 e. The largest absolute Gasteiger partial charge is 0.317 e. The third-order valence-corrected chi connectivity index (χ3v) is 3.38. The number of hydrogen-bond acceptors (Lipinski definition) is 4. The molecule has 1 rings (SSSR count). The Labute approximate surface area is 121 Å². The van der Waals surface area contributed by atoms with Crippen molar-refractivity contribution >= 4 is 11.8 Å². The van der Waals surface area contributed by atoms with Crippen molar-refractivity contribution in [1.82, 2.24) is 10.6 Å². The molecule has 0 aliphatic rings. The molecule has 0 saturated heterocycles. The predicted octanol–water partition coefficient (Wildman–Crippen LogP) is 2.74. The molecule has 110 valence electrons. The molecular formula is C16H25N3O. The number of nitrogens with zero attached hydrogens (tertiary/aromatic N) is 1. The minimum atomic E-state index is 0.530. The highest BCUT2D eigenvalue weighted by Crippen LogP contribution is 2.25. The fraction of sp³-hybridized carbons (Fsp3) is 0.562. The van der Waals surface area contributed by atoms with E-state index in [0.29, 0.717) is 11.6 Å². The van der Waals surface area contributed by atoms with Crippen molar-refractivity contribution in [2.24, 2.45) is 4.99 Å². The number of nitrogens with one attached hydrogen (secondary N) is 2. The molecule has 0 radical (unpaired) electrons. The van der Waals surface area contributed by atoms with E-state index in [1.807, 2.05) is 12.1 Å². The fourth-order valence-corrected chi connectivity index (χ4v) is 2.26. The zero-order chi connectivity index (χ0) is 14.6. The zero-order valence-electron chi connectivity index (χ0n) is 12.5. The Morgan fingerprint density at radius 3 is 2.05 bits per heavy atom. The van der Waals surface area contributed by atoms with Crippen LogP contribution in [0.1, 0.15) is 38.2 Å². The molecule has 0 spiro atoms. The lowest BCUT2D eigenvalue weighted by atomic mass is 9.92. The fourth-order valence-electron chi connectivity index (χ4n) is 2.26. The van der Waals surface area contributed by atoms with Crippen molar-refractivity contribution in [3.05, 3.63) is 29.8 Å². The first kappa shape index (κ1) is 16.6. The second kappa shape index (κ2) is 10.3. The van der Waals surface area contributed by atoms with Crippen molar-refractivity contribution in [3.63, 3.8) is 0 Å². The van der Waals surface area contributed by atoms with Crippen LogP contribution in [0.4, 0.5) is 5.69 Å². The number of rotatable bonds is 10. The van der Waals surface area contributed by atoms with Crippen molar-refractivity contribution in [2.75, 3.05) is 26.2 Å². The summed E-state index contributed by atoms with van der Waals surface area (Å²) in [4.78, 5) is 13.9. The summed E-state index contributed by atoms with van der Waals surface area (Å²) in [5, 5.41) is 6.76. The van der Waals surface area contributed by atoms with Gasteiger partial charge < -0.3 is 10.6 Å². The van der Waals surface area contributed by atoms with Gasteiger partial charge in [0.25, 0.3) is 0 Å². The van der Waals surface area contributed by atoms with Crippen LogP contribution >= 0.6 is 0 Å². The summed E-state index contributed by atoms with van der Waals surface area (Å²) >= 11 is 0. The van der Waals surface area contributed by atoms with Gasteiger partial charge in [-0.2, -0.15) is 4.99 Å². The van der Waals surface area contributed by atoms with Gasteiger partial charge in [0.15, 0.2) is 0 Å². The number of carbonyl (C=O) groups excluding carboxylic acids is 1. The minimum Gasteiger partial charge on any atom is -0.317 e. The summed E-state index contributed by atoms with van der Waals surface area (Å²) in [5.74, 6) is 0.530. The molecule has 4 heteroatoms. The quantitative estimate of drug-likeness (QED) is 0.392. The van der Waals surface area contributed by atoms with Gasteiger partial charge in [-0.05, 0) is 62.6 Å². The minimum absolute atomic E-state index is 0.530. The van der Waals surface area contributed by atoms with Crippen LogP contribution in [-0.2, 0) is 4.79 Å². The highest BCUT2D eigenvalue weighted by molar-refractivity contribution is 5.49. The molecular weight excluding hydrogens is 250 g/mol. The summed E-state index contributed by atoms with van der Waals surface area (Å²) in [6.45, 7) is 8.32. The third-order valence-electron chi connectivity index (χ3n) is 3.38. The van der Waals surface area contributed by atoms with E-state index in [1.165, 1.54) is 5.56 Å². The Kier molecular flexibility index (Phi) is 8.56. The summed E-state index contributed by atoms with van der Waals surface area (Å²) < 4.78 is 0. The maximum Gasteiger partial charge on any atom is 0.240 e. The Hall–Kier alpha value is -1.48. The monoisotopic (exact) mass is 275 g/mol. The first-order chi connectivity index (χ1) is 9.81. The highest BCUT2D eigenvalue weighted by atomic mass is 16.1. The van der Waals surface area contributed by atoms with E-state index in [9.17, 15) is 4.79 Å². The average Bonchev–Trinajstić information content (AvgIpc) is 2.47. The Bertz CT molecular complexity index is 400. The van der Waals surface area contributed by atoms with E-state index in [2.05, 4.69) is 41.6 Å². The van der Waals surface area contributed by atoms with E-state index < -0.39 is 0 Å². The van der Waals surface area contributed by atoms with Gasteiger partial charge in [0.2, 0.25) is 6.08 Å². The Morgan fingerprint density at radius 1 is 1.05 bits per heavy atom. The lowest BCUT2D eigenvalue weighted by Gasteiger charge is -2.18. The maximum absolute atomic E-state index is 10.2. The second-order valence-electron chi connectivity index (χ2n) is 4.78. The highest BCUT2D eigenvalue weighted by Gasteiger charge is 2.10. The molecule has 0 saturated carbocycles. The molecule has 0 bridgehead atoms. The van der Waals surface area contributed by atoms with Crippen molar-refractivity contribution in [2.45, 2.75) is 32.6 Å². The number of hydrogen-bond donors (Lipinski definition) is 2. The Balaban J connectivity index is 2.66. The molecule has 0 unspecified atom stereocenters. The van der Waals surface area contributed by atoms with E-state index in [-0.39, 0.29) is 0 Å². The van der Waals surface area contributed by atoms with Gasteiger partial charge >= 0.3 is 0 Å². The van der Waals surface area contributed by atoms with Crippen LogP contribution in [0.2, 0.25) is 0 Å². The van der Waals surface area contributed by atoms with Crippen LogP contribution in [0, 0.1) is 0 Å². The molecule has 0 aliphatic heterocycles. The number of isocyanates is 1. The standard InChI is InChI=1S/C16H25N3O/c1-3-17-11-9-15(10-12-18-4-2)14-5-7-16(8-6-14)19-13-20/h5-8,15,17-18H,3-4,9-12H2,1-2H3. The van der Waals surface area contributed by atoms with Crippen LogP contribution in [-0.4, -0.2) is 32.3 Å². The molecule has 0 fully saturated rings.